The summed E-state index contributed by atoms with van der Waals surface area (Å²) in [5.41, 5.74) is 0.146. The van der Waals surface area contributed by atoms with Gasteiger partial charge in [0, 0.05) is 24.0 Å². The van der Waals surface area contributed by atoms with Gasteiger partial charge in [0.05, 0.1) is 6.61 Å². The molecule has 1 fully saturated rings. The van der Waals surface area contributed by atoms with E-state index in [4.69, 9.17) is 0 Å². The summed E-state index contributed by atoms with van der Waals surface area (Å²) in [5, 5.41) is 15.1. The maximum Gasteiger partial charge on any atom is 0.264 e. The molecule has 3 rings (SSSR count). The van der Waals surface area contributed by atoms with Crippen molar-refractivity contribution < 1.29 is 13.5 Å². The predicted molar refractivity (Wildman–Crippen MR) is 74.3 cm³/mol. The summed E-state index contributed by atoms with van der Waals surface area (Å²) in [6.45, 7) is -0.219. The average molecular weight is 310 g/mol. The second-order valence-electron chi connectivity index (χ2n) is 4.88. The highest BCUT2D eigenvalue weighted by Crippen LogP contribution is 2.37. The average Bonchev–Trinajstić information content (AvgIpc) is 3.19. The summed E-state index contributed by atoms with van der Waals surface area (Å²) < 4.78 is 28.6. The zero-order chi connectivity index (χ0) is 15.0. The van der Waals surface area contributed by atoms with Gasteiger partial charge < -0.3 is 9.67 Å². The molecule has 1 aliphatic rings. The highest BCUT2D eigenvalue weighted by molar-refractivity contribution is 7.92. The first-order valence-electron chi connectivity index (χ1n) is 6.40. The van der Waals surface area contributed by atoms with Crippen molar-refractivity contribution in [3.8, 4) is 0 Å². The number of hydrogen-bond donors (Lipinski definition) is 3. The Bertz CT molecular complexity index is 800. The van der Waals surface area contributed by atoms with Crippen LogP contribution in [-0.4, -0.2) is 28.3 Å². The molecule has 0 bridgehead atoms. The molecule has 1 saturated carbocycles. The Labute approximate surface area is 120 Å². The minimum atomic E-state index is -3.81. The van der Waals surface area contributed by atoms with Crippen LogP contribution in [0, 0.1) is 0 Å². The molecule has 112 valence electrons. The number of nitrogens with zero attached hydrogens (tertiary/aromatic N) is 2. The number of aromatic nitrogens is 3. The Morgan fingerprint density at radius 3 is 2.76 bits per heavy atom. The molecule has 0 saturated heterocycles. The Morgan fingerprint density at radius 2 is 2.19 bits per heavy atom. The van der Waals surface area contributed by atoms with Gasteiger partial charge in [-0.1, -0.05) is 0 Å². The minimum absolute atomic E-state index is 0.0271. The Balaban J connectivity index is 1.90. The van der Waals surface area contributed by atoms with Crippen LogP contribution in [-0.2, 0) is 16.6 Å². The van der Waals surface area contributed by atoms with E-state index in [-0.39, 0.29) is 23.4 Å². The minimum Gasteiger partial charge on any atom is -0.390 e. The normalized spacial score (nSPS) is 15.1. The first kappa shape index (κ1) is 13.8. The topological polar surface area (TPSA) is 117 Å². The lowest BCUT2D eigenvalue weighted by Gasteiger charge is -2.04. The molecule has 0 unspecified atom stereocenters. The number of H-pyrrole nitrogens is 1. The van der Waals surface area contributed by atoms with E-state index in [0.29, 0.717) is 5.69 Å². The fourth-order valence-electron chi connectivity index (χ4n) is 2.06. The second-order valence-corrected chi connectivity index (χ2v) is 6.56. The molecule has 1 aliphatic carbocycles. The lowest BCUT2D eigenvalue weighted by Crippen LogP contribution is -2.16. The first-order valence-corrected chi connectivity index (χ1v) is 7.88. The molecule has 0 aliphatic heterocycles. The molecule has 0 atom stereocenters. The molecule has 0 radical (unpaired) electrons. The van der Waals surface area contributed by atoms with Crippen LogP contribution in [0.4, 0.5) is 5.82 Å². The number of aliphatic hydroxyl groups is 1. The summed E-state index contributed by atoms with van der Waals surface area (Å²) >= 11 is 0. The van der Waals surface area contributed by atoms with Gasteiger partial charge in [-0.15, -0.1) is 0 Å². The zero-order valence-corrected chi connectivity index (χ0v) is 11.8. The Kier molecular flexibility index (Phi) is 3.30. The lowest BCUT2D eigenvalue weighted by molar-refractivity contribution is 0.270. The largest absolute Gasteiger partial charge is 0.390 e. The van der Waals surface area contributed by atoms with Gasteiger partial charge in [0.15, 0.2) is 5.82 Å². The van der Waals surface area contributed by atoms with Gasteiger partial charge >= 0.3 is 0 Å². The molecule has 21 heavy (non-hydrogen) atoms. The van der Waals surface area contributed by atoms with Crippen LogP contribution in [0.3, 0.4) is 0 Å². The number of nitrogens with one attached hydrogen (secondary N) is 2. The van der Waals surface area contributed by atoms with Crippen molar-refractivity contribution in [3.05, 3.63) is 40.4 Å². The molecule has 3 N–H and O–H groups in total. The van der Waals surface area contributed by atoms with Gasteiger partial charge in [0.2, 0.25) is 0 Å². The van der Waals surface area contributed by atoms with Crippen molar-refractivity contribution in [2.45, 2.75) is 30.4 Å². The van der Waals surface area contributed by atoms with Gasteiger partial charge in [-0.05, 0) is 25.0 Å². The summed E-state index contributed by atoms with van der Waals surface area (Å²) in [6.07, 6.45) is 3.48. The van der Waals surface area contributed by atoms with E-state index >= 15 is 0 Å². The van der Waals surface area contributed by atoms with Crippen LogP contribution in [0.1, 0.15) is 24.6 Å². The maximum absolute atomic E-state index is 12.3. The third-order valence-corrected chi connectivity index (χ3v) is 4.56. The van der Waals surface area contributed by atoms with Crippen LogP contribution in [0.2, 0.25) is 0 Å². The van der Waals surface area contributed by atoms with Crippen molar-refractivity contribution >= 4 is 15.8 Å². The number of rotatable bonds is 5. The van der Waals surface area contributed by atoms with E-state index in [0.717, 1.165) is 12.8 Å². The van der Waals surface area contributed by atoms with Crippen molar-refractivity contribution in [1.82, 2.24) is 14.8 Å². The molecular formula is C12H14N4O4S. The van der Waals surface area contributed by atoms with E-state index in [2.05, 4.69) is 14.9 Å². The van der Waals surface area contributed by atoms with E-state index in [1.54, 1.807) is 4.57 Å². The molecule has 0 amide bonds. The van der Waals surface area contributed by atoms with E-state index in [9.17, 15) is 18.3 Å². The van der Waals surface area contributed by atoms with E-state index < -0.39 is 15.6 Å². The number of aromatic amines is 1. The SMILES string of the molecule is O=c1ccc(NS(=O)(=O)c2cc(CO)n(C3CC3)c2)n[nH]1. The quantitative estimate of drug-likeness (QED) is 0.729. The Hall–Kier alpha value is -2.13. The fourth-order valence-corrected chi connectivity index (χ4v) is 3.11. The fraction of sp³-hybridized carbons (Fsp3) is 0.333. The van der Waals surface area contributed by atoms with Crippen LogP contribution in [0.5, 0.6) is 0 Å². The van der Waals surface area contributed by atoms with Crippen LogP contribution in [0.25, 0.3) is 0 Å². The summed E-state index contributed by atoms with van der Waals surface area (Å²) in [5.74, 6) is 0.0271. The van der Waals surface area contributed by atoms with Gasteiger partial charge in [0.25, 0.3) is 15.6 Å². The molecule has 0 aromatic carbocycles. The zero-order valence-electron chi connectivity index (χ0n) is 11.0. The smallest absolute Gasteiger partial charge is 0.264 e. The summed E-state index contributed by atoms with van der Waals surface area (Å²) in [7, 11) is -3.81. The highest BCUT2D eigenvalue weighted by Gasteiger charge is 2.28. The summed E-state index contributed by atoms with van der Waals surface area (Å²) in [6, 6.07) is 4.16. The Morgan fingerprint density at radius 1 is 1.43 bits per heavy atom. The van der Waals surface area contributed by atoms with Gasteiger partial charge in [-0.25, -0.2) is 13.5 Å². The van der Waals surface area contributed by atoms with Crippen molar-refractivity contribution in [3.63, 3.8) is 0 Å². The number of hydrogen-bond acceptors (Lipinski definition) is 5. The molecule has 2 aromatic heterocycles. The van der Waals surface area contributed by atoms with Gasteiger partial charge in [-0.2, -0.15) is 5.10 Å². The first-order chi connectivity index (χ1) is 9.99. The molecule has 2 aromatic rings. The molecular weight excluding hydrogens is 296 g/mol. The van der Waals surface area contributed by atoms with Crippen LogP contribution in [0.15, 0.2) is 34.1 Å². The maximum atomic E-state index is 12.3. The molecule has 0 spiro atoms. The third-order valence-electron chi connectivity index (χ3n) is 3.24. The number of anilines is 1. The monoisotopic (exact) mass is 310 g/mol. The molecule has 8 nitrogen and oxygen atoms in total. The molecule has 9 heteroatoms. The van der Waals surface area contributed by atoms with Crippen LogP contribution < -0.4 is 10.3 Å². The number of aliphatic hydroxyl groups excluding tert-OH is 1. The molecule has 2 heterocycles. The third kappa shape index (κ3) is 2.83. The predicted octanol–water partition coefficient (Wildman–Crippen LogP) is 0.199. The van der Waals surface area contributed by atoms with Crippen molar-refractivity contribution in [2.75, 3.05) is 4.72 Å². The van der Waals surface area contributed by atoms with Crippen molar-refractivity contribution in [2.24, 2.45) is 0 Å². The van der Waals surface area contributed by atoms with Gasteiger partial charge in [-0.3, -0.25) is 9.52 Å². The highest BCUT2D eigenvalue weighted by atomic mass is 32.2. The number of sulfonamides is 1. The van der Waals surface area contributed by atoms with E-state index in [1.165, 1.54) is 24.4 Å². The second kappa shape index (κ2) is 5.01. The van der Waals surface area contributed by atoms with Gasteiger partial charge in [0.1, 0.15) is 4.90 Å². The lowest BCUT2D eigenvalue weighted by atomic mass is 10.4. The van der Waals surface area contributed by atoms with Crippen molar-refractivity contribution in [1.29, 1.82) is 0 Å². The van der Waals surface area contributed by atoms with E-state index in [1.807, 2.05) is 0 Å². The summed E-state index contributed by atoms with van der Waals surface area (Å²) in [4.78, 5) is 11.0. The van der Waals surface area contributed by atoms with Crippen LogP contribution >= 0.6 is 0 Å². The standard InChI is InChI=1S/C12H14N4O4S/c17-7-9-5-10(6-16(9)8-1-2-8)21(19,20)15-11-3-4-12(18)14-13-11/h3-6,8,17H,1-2,7H2,(H,13,15)(H,14,18).